The van der Waals surface area contributed by atoms with Gasteiger partial charge in [-0.15, -0.1) is 5.10 Å². The summed E-state index contributed by atoms with van der Waals surface area (Å²) in [5, 5.41) is 12.6. The fourth-order valence-electron chi connectivity index (χ4n) is 1.38. The third-order valence-electron chi connectivity index (χ3n) is 2.23. The van der Waals surface area contributed by atoms with Crippen LogP contribution in [0, 0.1) is 0 Å². The predicted octanol–water partition coefficient (Wildman–Crippen LogP) is 2.46. The van der Waals surface area contributed by atoms with E-state index in [9.17, 15) is 0 Å². The summed E-state index contributed by atoms with van der Waals surface area (Å²) in [5.41, 5.74) is 0.995. The molecule has 0 N–H and O–H groups in total. The molecule has 1 aromatic carbocycles. The number of hydrogen-bond acceptors (Lipinski definition) is 5. The van der Waals surface area contributed by atoms with E-state index in [2.05, 4.69) is 28.2 Å². The summed E-state index contributed by atoms with van der Waals surface area (Å²) < 4.78 is 1.77. The van der Waals surface area contributed by atoms with Crippen molar-refractivity contribution in [1.82, 2.24) is 20.2 Å². The van der Waals surface area contributed by atoms with E-state index >= 15 is 0 Å². The molecule has 4 nitrogen and oxygen atoms in total. The lowest BCUT2D eigenvalue weighted by Gasteiger charge is -2.03. The molecule has 0 spiro atoms. The first-order chi connectivity index (χ1) is 8.42. The maximum absolute atomic E-state index is 4.19. The fraction of sp³-hybridized carbons (Fsp3) is 0.364. The van der Waals surface area contributed by atoms with Crippen LogP contribution in [0.4, 0.5) is 0 Å². The van der Waals surface area contributed by atoms with Crippen molar-refractivity contribution >= 4 is 24.4 Å². The van der Waals surface area contributed by atoms with E-state index in [1.165, 1.54) is 0 Å². The molecule has 0 saturated carbocycles. The second kappa shape index (κ2) is 6.66. The Balaban J connectivity index is 2.02. The molecular formula is C11H14N4S2. The molecule has 1 heterocycles. The lowest BCUT2D eigenvalue weighted by Crippen LogP contribution is -1.98. The Morgan fingerprint density at radius 2 is 2.00 bits per heavy atom. The summed E-state index contributed by atoms with van der Waals surface area (Å²) >= 11 is 5.87. The molecule has 1 aromatic heterocycles. The molecule has 0 radical (unpaired) electrons. The highest BCUT2D eigenvalue weighted by Crippen LogP contribution is 2.19. The average molecular weight is 266 g/mol. The summed E-state index contributed by atoms with van der Waals surface area (Å²) in [6, 6.07) is 9.92. The average Bonchev–Trinajstić information content (AvgIpc) is 2.84. The molecule has 17 heavy (non-hydrogen) atoms. The van der Waals surface area contributed by atoms with Crippen molar-refractivity contribution in [3.63, 3.8) is 0 Å². The zero-order valence-corrected chi connectivity index (χ0v) is 11.1. The van der Waals surface area contributed by atoms with Gasteiger partial charge in [0.1, 0.15) is 0 Å². The van der Waals surface area contributed by atoms with Gasteiger partial charge in [-0.05, 0) is 41.2 Å². The lowest BCUT2D eigenvalue weighted by molar-refractivity contribution is 0.755. The normalized spacial score (nSPS) is 10.6. The first-order valence-corrected chi connectivity index (χ1v) is 7.11. The Hall–Kier alpha value is -1.01. The molecule has 0 unspecified atom stereocenters. The summed E-state index contributed by atoms with van der Waals surface area (Å²) in [5.74, 6) is 1.96. The summed E-state index contributed by atoms with van der Waals surface area (Å²) in [6.45, 7) is 0. The largest absolute Gasteiger partial charge is 0.214 e. The molecule has 0 aliphatic heterocycles. The molecule has 0 atom stereocenters. The van der Waals surface area contributed by atoms with Crippen LogP contribution in [0.25, 0.3) is 5.69 Å². The second-order valence-corrected chi connectivity index (χ2v) is 5.00. The van der Waals surface area contributed by atoms with E-state index in [0.29, 0.717) is 0 Å². The van der Waals surface area contributed by atoms with Gasteiger partial charge in [0.25, 0.3) is 0 Å². The molecule has 6 heteroatoms. The van der Waals surface area contributed by atoms with E-state index in [1.807, 2.05) is 30.3 Å². The molecule has 0 aliphatic rings. The maximum atomic E-state index is 4.19. The van der Waals surface area contributed by atoms with E-state index in [4.69, 9.17) is 0 Å². The van der Waals surface area contributed by atoms with Crippen molar-refractivity contribution in [3.8, 4) is 5.69 Å². The Labute approximate surface area is 110 Å². The van der Waals surface area contributed by atoms with Crippen LogP contribution in [0.2, 0.25) is 0 Å². The van der Waals surface area contributed by atoms with E-state index < -0.39 is 0 Å². The van der Waals surface area contributed by atoms with Gasteiger partial charge in [-0.2, -0.15) is 17.3 Å². The van der Waals surface area contributed by atoms with Crippen molar-refractivity contribution < 1.29 is 0 Å². The van der Waals surface area contributed by atoms with Crippen molar-refractivity contribution in [2.45, 2.75) is 18.0 Å². The Bertz CT molecular complexity index is 444. The summed E-state index contributed by atoms with van der Waals surface area (Å²) in [7, 11) is 0. The zero-order valence-electron chi connectivity index (χ0n) is 9.36. The van der Waals surface area contributed by atoms with Crippen molar-refractivity contribution in [3.05, 3.63) is 30.3 Å². The smallest absolute Gasteiger partial charge is 0.188 e. The molecule has 2 aromatic rings. The van der Waals surface area contributed by atoms with Crippen molar-refractivity contribution in [2.75, 3.05) is 11.5 Å². The van der Waals surface area contributed by atoms with Crippen LogP contribution in [-0.4, -0.2) is 31.7 Å². The minimum Gasteiger partial charge on any atom is -0.188 e. The van der Waals surface area contributed by atoms with Gasteiger partial charge in [0, 0.05) is 5.75 Å². The molecule has 0 aliphatic carbocycles. The summed E-state index contributed by atoms with van der Waals surface area (Å²) in [4.78, 5) is 0. The summed E-state index contributed by atoms with van der Waals surface area (Å²) in [6.07, 6.45) is 2.26. The monoisotopic (exact) mass is 266 g/mol. The van der Waals surface area contributed by atoms with E-state index in [-0.39, 0.29) is 0 Å². The van der Waals surface area contributed by atoms with Gasteiger partial charge in [-0.1, -0.05) is 30.0 Å². The fourth-order valence-corrected chi connectivity index (χ4v) is 2.49. The first-order valence-electron chi connectivity index (χ1n) is 5.49. The maximum Gasteiger partial charge on any atom is 0.214 e. The van der Waals surface area contributed by atoms with Crippen LogP contribution in [0.3, 0.4) is 0 Å². The molecule has 90 valence electrons. The number of aromatic nitrogens is 4. The highest BCUT2D eigenvalue weighted by molar-refractivity contribution is 7.99. The van der Waals surface area contributed by atoms with E-state index in [0.717, 1.165) is 35.2 Å². The van der Waals surface area contributed by atoms with Crippen LogP contribution in [0.1, 0.15) is 12.8 Å². The minimum absolute atomic E-state index is 0.843. The van der Waals surface area contributed by atoms with Crippen LogP contribution in [0.5, 0.6) is 0 Å². The number of rotatable bonds is 6. The van der Waals surface area contributed by atoms with Crippen molar-refractivity contribution in [1.29, 1.82) is 0 Å². The standard InChI is InChI=1S/C11H14N4S2/c16-8-4-5-9-17-11-12-13-14-15(11)10-6-2-1-3-7-10/h1-3,6-7,16H,4-5,8-9H2. The third kappa shape index (κ3) is 3.47. The molecular weight excluding hydrogens is 252 g/mol. The second-order valence-electron chi connectivity index (χ2n) is 3.49. The van der Waals surface area contributed by atoms with Crippen LogP contribution >= 0.6 is 24.4 Å². The van der Waals surface area contributed by atoms with Gasteiger partial charge >= 0.3 is 0 Å². The quantitative estimate of drug-likeness (QED) is 0.495. The lowest BCUT2D eigenvalue weighted by atomic mass is 10.3. The van der Waals surface area contributed by atoms with Gasteiger partial charge < -0.3 is 0 Å². The minimum atomic E-state index is 0.843. The van der Waals surface area contributed by atoms with E-state index in [1.54, 1.807) is 16.4 Å². The Kier molecular flexibility index (Phi) is 4.88. The zero-order chi connectivity index (χ0) is 11.9. The Morgan fingerprint density at radius 3 is 2.76 bits per heavy atom. The molecule has 0 bridgehead atoms. The van der Waals surface area contributed by atoms with Gasteiger partial charge in [-0.25, -0.2) is 0 Å². The molecule has 0 fully saturated rings. The number of hydrogen-bond donors (Lipinski definition) is 1. The van der Waals surface area contributed by atoms with Crippen molar-refractivity contribution in [2.24, 2.45) is 0 Å². The first kappa shape index (κ1) is 12.4. The van der Waals surface area contributed by atoms with Crippen LogP contribution in [-0.2, 0) is 0 Å². The third-order valence-corrected chi connectivity index (χ3v) is 3.55. The number of benzene rings is 1. The molecule has 0 amide bonds. The number of unbranched alkanes of at least 4 members (excludes halogenated alkanes) is 1. The topological polar surface area (TPSA) is 43.6 Å². The highest BCUT2D eigenvalue weighted by atomic mass is 32.2. The van der Waals surface area contributed by atoms with Gasteiger partial charge in [0.15, 0.2) is 0 Å². The number of tetrazole rings is 1. The number of thioether (sulfide) groups is 1. The number of nitrogens with zero attached hydrogens (tertiary/aromatic N) is 4. The molecule has 0 saturated heterocycles. The highest BCUT2D eigenvalue weighted by Gasteiger charge is 2.07. The van der Waals surface area contributed by atoms with Gasteiger partial charge in [0.05, 0.1) is 5.69 Å². The number of thiol groups is 1. The Morgan fingerprint density at radius 1 is 1.18 bits per heavy atom. The molecule has 2 rings (SSSR count). The van der Waals surface area contributed by atoms with Gasteiger partial charge in [-0.3, -0.25) is 0 Å². The predicted molar refractivity (Wildman–Crippen MR) is 73.0 cm³/mol. The number of para-hydroxylation sites is 1. The SMILES string of the molecule is SCCCCSc1nnnn1-c1ccccc1. The van der Waals surface area contributed by atoms with Gasteiger partial charge in [0.2, 0.25) is 5.16 Å². The van der Waals surface area contributed by atoms with Crippen LogP contribution in [0.15, 0.2) is 35.5 Å². The van der Waals surface area contributed by atoms with Crippen LogP contribution < -0.4 is 0 Å².